The number of nitrogens with two attached hydrogens (primary N) is 1. The number of aliphatic hydroxyl groups is 1. The smallest absolute Gasteiger partial charge is 0.0693 e. The molecule has 1 fully saturated rings. The molecule has 0 aliphatic carbocycles. The van der Waals surface area contributed by atoms with Crippen molar-refractivity contribution in [2.24, 2.45) is 11.7 Å². The Hall–Kier alpha value is -0.420. The molecule has 0 amide bonds. The molecule has 3 unspecified atom stereocenters. The lowest BCUT2D eigenvalue weighted by Gasteiger charge is -2.38. The highest BCUT2D eigenvalue weighted by Gasteiger charge is 2.29. The van der Waals surface area contributed by atoms with E-state index < -0.39 is 0 Å². The summed E-state index contributed by atoms with van der Waals surface area (Å²) >= 11 is 1.75. The monoisotopic (exact) mass is 240 g/mol. The lowest BCUT2D eigenvalue weighted by molar-refractivity contribution is 0.0117. The zero-order chi connectivity index (χ0) is 11.5. The number of rotatable bonds is 3. The molecule has 2 rings (SSSR count). The van der Waals surface area contributed by atoms with E-state index in [1.54, 1.807) is 11.3 Å². The van der Waals surface area contributed by atoms with Crippen LogP contribution in [-0.2, 0) is 0 Å². The number of hydrogen-bond donors (Lipinski definition) is 2. The molecule has 0 radical (unpaired) electrons. The predicted octanol–water partition coefficient (Wildman–Crippen LogP) is 1.45. The van der Waals surface area contributed by atoms with E-state index in [9.17, 15) is 5.11 Å². The highest BCUT2D eigenvalue weighted by atomic mass is 32.1. The number of nitrogens with zero attached hydrogens (tertiary/aromatic N) is 1. The lowest BCUT2D eigenvalue weighted by atomic mass is 9.94. The third kappa shape index (κ3) is 2.46. The van der Waals surface area contributed by atoms with Crippen LogP contribution in [0.1, 0.15) is 24.3 Å². The average Bonchev–Trinajstić information content (AvgIpc) is 2.78. The number of hydrogen-bond acceptors (Lipinski definition) is 4. The Morgan fingerprint density at radius 1 is 1.69 bits per heavy atom. The molecule has 2 heterocycles. The molecule has 16 heavy (non-hydrogen) atoms. The molecular weight excluding hydrogens is 220 g/mol. The van der Waals surface area contributed by atoms with Crippen LogP contribution in [0.2, 0.25) is 0 Å². The molecule has 4 heteroatoms. The fraction of sp³-hybridized carbons (Fsp3) is 0.667. The van der Waals surface area contributed by atoms with Crippen LogP contribution in [0.25, 0.3) is 0 Å². The Bertz CT molecular complexity index is 315. The van der Waals surface area contributed by atoms with E-state index in [0.29, 0.717) is 12.5 Å². The maximum Gasteiger partial charge on any atom is 0.0693 e. The van der Waals surface area contributed by atoms with Gasteiger partial charge in [-0.15, -0.1) is 11.3 Å². The van der Waals surface area contributed by atoms with Crippen molar-refractivity contribution in [3.63, 3.8) is 0 Å². The van der Waals surface area contributed by atoms with Gasteiger partial charge in [-0.2, -0.15) is 0 Å². The van der Waals surface area contributed by atoms with Crippen LogP contribution in [0, 0.1) is 5.92 Å². The minimum atomic E-state index is -0.206. The van der Waals surface area contributed by atoms with Gasteiger partial charge in [-0.1, -0.05) is 13.0 Å². The molecule has 1 aliphatic heterocycles. The van der Waals surface area contributed by atoms with E-state index in [0.717, 1.165) is 19.5 Å². The van der Waals surface area contributed by atoms with E-state index in [4.69, 9.17) is 5.73 Å². The maximum atomic E-state index is 9.91. The van der Waals surface area contributed by atoms with Gasteiger partial charge in [0.15, 0.2) is 0 Å². The second-order valence-corrected chi connectivity index (χ2v) is 5.57. The summed E-state index contributed by atoms with van der Waals surface area (Å²) in [6.07, 6.45) is 0.853. The highest BCUT2D eigenvalue weighted by Crippen LogP contribution is 2.28. The molecule has 1 aromatic rings. The summed E-state index contributed by atoms with van der Waals surface area (Å²) < 4.78 is 0. The summed E-state index contributed by atoms with van der Waals surface area (Å²) in [6.45, 7) is 4.53. The van der Waals surface area contributed by atoms with Crippen LogP contribution in [0.3, 0.4) is 0 Å². The third-order valence-corrected chi connectivity index (χ3v) is 4.46. The standard InChI is InChI=1S/C12H20N2OS/c1-9-4-5-14(8-11(9)15)10(7-13)12-3-2-6-16-12/h2-3,6,9-11,15H,4-5,7-8,13H2,1H3. The van der Waals surface area contributed by atoms with Gasteiger partial charge in [0, 0.05) is 18.0 Å². The molecular formula is C12H20N2OS. The second kappa shape index (κ2) is 5.27. The van der Waals surface area contributed by atoms with E-state index >= 15 is 0 Å². The highest BCUT2D eigenvalue weighted by molar-refractivity contribution is 7.10. The Labute approximate surface area is 101 Å². The fourth-order valence-corrected chi connectivity index (χ4v) is 3.16. The van der Waals surface area contributed by atoms with Gasteiger partial charge < -0.3 is 10.8 Å². The van der Waals surface area contributed by atoms with Crippen LogP contribution in [0.4, 0.5) is 0 Å². The quantitative estimate of drug-likeness (QED) is 0.841. The van der Waals surface area contributed by atoms with Gasteiger partial charge in [-0.3, -0.25) is 4.90 Å². The summed E-state index contributed by atoms with van der Waals surface area (Å²) in [5, 5.41) is 12.0. The average molecular weight is 240 g/mol. The SMILES string of the molecule is CC1CCN(C(CN)c2cccs2)CC1O. The van der Waals surface area contributed by atoms with Gasteiger partial charge in [0.1, 0.15) is 0 Å². The molecule has 1 aromatic heterocycles. The molecule has 3 atom stereocenters. The largest absolute Gasteiger partial charge is 0.392 e. The first-order valence-corrected chi connectivity index (χ1v) is 6.76. The molecule has 0 aromatic carbocycles. The topological polar surface area (TPSA) is 49.5 Å². The fourth-order valence-electron chi connectivity index (χ4n) is 2.28. The van der Waals surface area contributed by atoms with E-state index in [-0.39, 0.29) is 12.1 Å². The van der Waals surface area contributed by atoms with Crippen molar-refractivity contribution in [3.8, 4) is 0 Å². The third-order valence-electron chi connectivity index (χ3n) is 3.49. The summed E-state index contributed by atoms with van der Waals surface area (Å²) in [6, 6.07) is 4.47. The van der Waals surface area contributed by atoms with Crippen molar-refractivity contribution in [2.45, 2.75) is 25.5 Å². The van der Waals surface area contributed by atoms with Crippen LogP contribution < -0.4 is 5.73 Å². The summed E-state index contributed by atoms with van der Waals surface area (Å²) in [5.41, 5.74) is 5.86. The molecule has 0 bridgehead atoms. The van der Waals surface area contributed by atoms with Crippen LogP contribution in [0.15, 0.2) is 17.5 Å². The zero-order valence-electron chi connectivity index (χ0n) is 9.67. The normalized spacial score (nSPS) is 29.2. The minimum Gasteiger partial charge on any atom is -0.392 e. The van der Waals surface area contributed by atoms with Crippen LogP contribution in [0.5, 0.6) is 0 Å². The predicted molar refractivity (Wildman–Crippen MR) is 67.5 cm³/mol. The number of likely N-dealkylation sites (tertiary alicyclic amines) is 1. The van der Waals surface area contributed by atoms with Gasteiger partial charge in [0.05, 0.1) is 12.1 Å². The van der Waals surface area contributed by atoms with E-state index in [1.807, 2.05) is 0 Å². The molecule has 1 saturated heterocycles. The first kappa shape index (κ1) is 12.0. The summed E-state index contributed by atoms with van der Waals surface area (Å²) in [4.78, 5) is 3.63. The Morgan fingerprint density at radius 3 is 3.06 bits per heavy atom. The van der Waals surface area contributed by atoms with E-state index in [2.05, 4.69) is 29.3 Å². The Kier molecular flexibility index (Phi) is 3.97. The molecule has 0 spiro atoms. The molecule has 3 N–H and O–H groups in total. The Morgan fingerprint density at radius 2 is 2.50 bits per heavy atom. The molecule has 3 nitrogen and oxygen atoms in total. The van der Waals surface area contributed by atoms with Gasteiger partial charge in [0.2, 0.25) is 0 Å². The van der Waals surface area contributed by atoms with Gasteiger partial charge in [-0.25, -0.2) is 0 Å². The number of aliphatic hydroxyl groups excluding tert-OH is 1. The molecule has 0 saturated carbocycles. The van der Waals surface area contributed by atoms with Crippen LogP contribution >= 0.6 is 11.3 Å². The number of β-amino-alcohol motifs (C(OH)–C–C–N with tert-alkyl or cyclic N) is 1. The first-order chi connectivity index (χ1) is 7.72. The molecule has 1 aliphatic rings. The maximum absolute atomic E-state index is 9.91. The van der Waals surface area contributed by atoms with Crippen molar-refractivity contribution >= 4 is 11.3 Å². The number of piperidine rings is 1. The number of thiophene rings is 1. The zero-order valence-corrected chi connectivity index (χ0v) is 10.5. The minimum absolute atomic E-state index is 0.206. The van der Waals surface area contributed by atoms with Gasteiger partial charge >= 0.3 is 0 Å². The van der Waals surface area contributed by atoms with Gasteiger partial charge in [-0.05, 0) is 30.3 Å². The van der Waals surface area contributed by atoms with Crippen LogP contribution in [-0.4, -0.2) is 35.7 Å². The summed E-state index contributed by atoms with van der Waals surface area (Å²) in [7, 11) is 0. The Balaban J connectivity index is 2.05. The van der Waals surface area contributed by atoms with Crippen molar-refractivity contribution in [2.75, 3.05) is 19.6 Å². The lowest BCUT2D eigenvalue weighted by Crippen LogP contribution is -2.46. The summed E-state index contributed by atoms with van der Waals surface area (Å²) in [5.74, 6) is 0.415. The molecule has 90 valence electrons. The van der Waals surface area contributed by atoms with Gasteiger partial charge in [0.25, 0.3) is 0 Å². The van der Waals surface area contributed by atoms with Crippen molar-refractivity contribution in [1.29, 1.82) is 0 Å². The second-order valence-electron chi connectivity index (χ2n) is 4.60. The van der Waals surface area contributed by atoms with Crippen molar-refractivity contribution < 1.29 is 5.11 Å². The van der Waals surface area contributed by atoms with Crippen molar-refractivity contribution in [3.05, 3.63) is 22.4 Å². The van der Waals surface area contributed by atoms with E-state index in [1.165, 1.54) is 4.88 Å². The first-order valence-electron chi connectivity index (χ1n) is 5.88. The van der Waals surface area contributed by atoms with Crippen molar-refractivity contribution in [1.82, 2.24) is 4.90 Å².